The second-order valence-electron chi connectivity index (χ2n) is 8.51. The normalized spacial score (nSPS) is 14.7. The average Bonchev–Trinajstić information content (AvgIpc) is 3.59. The van der Waals surface area contributed by atoms with Crippen LogP contribution in [0.2, 0.25) is 0 Å². The van der Waals surface area contributed by atoms with Gasteiger partial charge in [0.25, 0.3) is 0 Å². The molecule has 0 saturated heterocycles. The van der Waals surface area contributed by atoms with E-state index in [1.807, 2.05) is 55.1 Å². The van der Waals surface area contributed by atoms with Crippen molar-refractivity contribution in [1.82, 2.24) is 14.7 Å². The summed E-state index contributed by atoms with van der Waals surface area (Å²) in [6.07, 6.45) is 1.78. The molecular formula is C26H33N3O3. The number of rotatable bonds is 11. The van der Waals surface area contributed by atoms with E-state index in [0.29, 0.717) is 32.3 Å². The van der Waals surface area contributed by atoms with Crippen molar-refractivity contribution in [2.75, 3.05) is 19.8 Å². The lowest BCUT2D eigenvalue weighted by Gasteiger charge is -2.25. The molecular weight excluding hydrogens is 402 g/mol. The highest BCUT2D eigenvalue weighted by Crippen LogP contribution is 2.37. The summed E-state index contributed by atoms with van der Waals surface area (Å²) in [5.74, 6) is 1.53. The third-order valence-electron chi connectivity index (χ3n) is 5.72. The Morgan fingerprint density at radius 2 is 1.94 bits per heavy atom. The van der Waals surface area contributed by atoms with Gasteiger partial charge in [-0.1, -0.05) is 42.5 Å². The van der Waals surface area contributed by atoms with E-state index in [1.54, 1.807) is 0 Å². The first kappa shape index (κ1) is 22.5. The van der Waals surface area contributed by atoms with Gasteiger partial charge in [0, 0.05) is 38.3 Å². The number of aromatic nitrogens is 2. The fourth-order valence-corrected chi connectivity index (χ4v) is 4.00. The highest BCUT2D eigenvalue weighted by atomic mass is 16.5. The van der Waals surface area contributed by atoms with Gasteiger partial charge in [-0.15, -0.1) is 0 Å². The molecule has 1 aromatic heterocycles. The molecule has 1 aliphatic rings. The predicted molar refractivity (Wildman–Crippen MR) is 126 cm³/mol. The lowest BCUT2D eigenvalue weighted by molar-refractivity contribution is 0.0178. The molecule has 170 valence electrons. The topological polar surface area (TPSA) is 59.8 Å². The van der Waals surface area contributed by atoms with Crippen molar-refractivity contribution in [2.24, 2.45) is 7.05 Å². The number of aliphatic hydroxyl groups is 1. The van der Waals surface area contributed by atoms with E-state index in [0.717, 1.165) is 46.9 Å². The number of aliphatic hydroxyl groups excluding tert-OH is 1. The second-order valence-corrected chi connectivity index (χ2v) is 8.51. The summed E-state index contributed by atoms with van der Waals surface area (Å²) in [6, 6.07) is 18.7. The minimum absolute atomic E-state index is 0.352. The van der Waals surface area contributed by atoms with Gasteiger partial charge in [-0.25, -0.2) is 4.68 Å². The van der Waals surface area contributed by atoms with Crippen molar-refractivity contribution in [3.05, 3.63) is 65.7 Å². The molecule has 3 aromatic rings. The minimum atomic E-state index is -0.520. The van der Waals surface area contributed by atoms with Gasteiger partial charge in [0.1, 0.15) is 11.4 Å². The van der Waals surface area contributed by atoms with Crippen LogP contribution in [0.5, 0.6) is 11.6 Å². The summed E-state index contributed by atoms with van der Waals surface area (Å²) < 4.78 is 13.6. The molecule has 1 N–H and O–H groups in total. The summed E-state index contributed by atoms with van der Waals surface area (Å²) in [5.41, 5.74) is 4.16. The van der Waals surface area contributed by atoms with Crippen LogP contribution in [0.1, 0.15) is 30.9 Å². The zero-order chi connectivity index (χ0) is 22.5. The summed E-state index contributed by atoms with van der Waals surface area (Å²) in [4.78, 5) is 2.34. The van der Waals surface area contributed by atoms with Crippen LogP contribution in [0.15, 0.2) is 54.6 Å². The summed E-state index contributed by atoms with van der Waals surface area (Å²) in [5, 5.41) is 15.4. The second kappa shape index (κ2) is 10.3. The monoisotopic (exact) mass is 435 g/mol. The third kappa shape index (κ3) is 5.57. The van der Waals surface area contributed by atoms with Crippen LogP contribution < -0.4 is 4.74 Å². The Labute approximate surface area is 190 Å². The first-order valence-electron chi connectivity index (χ1n) is 11.4. The third-order valence-corrected chi connectivity index (χ3v) is 5.72. The Morgan fingerprint density at radius 3 is 2.62 bits per heavy atom. The Bertz CT molecular complexity index is 1010. The predicted octanol–water partition coefficient (Wildman–Crippen LogP) is 4.55. The molecule has 0 amide bonds. The van der Waals surface area contributed by atoms with Gasteiger partial charge in [0.05, 0.1) is 18.3 Å². The van der Waals surface area contributed by atoms with Crippen LogP contribution >= 0.6 is 0 Å². The van der Waals surface area contributed by atoms with Crippen molar-refractivity contribution in [1.29, 1.82) is 0 Å². The molecule has 2 aromatic carbocycles. The number of nitrogens with zero attached hydrogens (tertiary/aromatic N) is 3. The number of benzene rings is 2. The van der Waals surface area contributed by atoms with Crippen molar-refractivity contribution in [3.63, 3.8) is 0 Å². The van der Waals surface area contributed by atoms with Gasteiger partial charge in [-0.2, -0.15) is 5.10 Å². The number of hydrogen-bond donors (Lipinski definition) is 1. The zero-order valence-corrected chi connectivity index (χ0v) is 19.2. The maximum Gasteiger partial charge on any atom is 0.222 e. The first-order chi connectivity index (χ1) is 15.5. The van der Waals surface area contributed by atoms with E-state index in [1.165, 1.54) is 0 Å². The highest BCUT2D eigenvalue weighted by Gasteiger charge is 2.33. The zero-order valence-electron chi connectivity index (χ0n) is 19.2. The van der Waals surface area contributed by atoms with Crippen molar-refractivity contribution in [3.8, 4) is 22.9 Å². The van der Waals surface area contributed by atoms with Gasteiger partial charge in [-0.3, -0.25) is 4.90 Å². The molecule has 0 radical (unpaired) electrons. The maximum atomic E-state index is 10.5. The smallest absolute Gasteiger partial charge is 0.222 e. The molecule has 1 aliphatic carbocycles. The molecule has 0 bridgehead atoms. The first-order valence-corrected chi connectivity index (χ1v) is 11.4. The van der Waals surface area contributed by atoms with Gasteiger partial charge in [-0.05, 0) is 44.4 Å². The van der Waals surface area contributed by atoms with E-state index < -0.39 is 6.10 Å². The van der Waals surface area contributed by atoms with Crippen molar-refractivity contribution in [2.45, 2.75) is 45.4 Å². The van der Waals surface area contributed by atoms with Gasteiger partial charge < -0.3 is 14.6 Å². The molecule has 0 unspecified atom stereocenters. The quantitative estimate of drug-likeness (QED) is 0.479. The van der Waals surface area contributed by atoms with Crippen LogP contribution in [0, 0.1) is 6.92 Å². The van der Waals surface area contributed by atoms with Gasteiger partial charge in [0.2, 0.25) is 5.88 Å². The average molecular weight is 436 g/mol. The molecule has 1 heterocycles. The fourth-order valence-electron chi connectivity index (χ4n) is 4.00. The van der Waals surface area contributed by atoms with Crippen LogP contribution in [0.3, 0.4) is 0 Å². The van der Waals surface area contributed by atoms with E-state index >= 15 is 0 Å². The number of hydrogen-bond acceptors (Lipinski definition) is 5. The molecule has 1 fully saturated rings. The highest BCUT2D eigenvalue weighted by molar-refractivity contribution is 5.65. The van der Waals surface area contributed by atoms with Gasteiger partial charge >= 0.3 is 0 Å². The standard InChI is InChI=1S/C26H33N3O3/c1-4-31-18-22(30)16-29(21-13-14-21)17-24-25(20-10-6-5-7-11-20)27-28(3)26(24)32-23-12-8-9-19(2)15-23/h5-12,15,21-22,30H,4,13-14,16-18H2,1-3H3/t22-/m1/s1. The summed E-state index contributed by atoms with van der Waals surface area (Å²) >= 11 is 0. The number of ether oxygens (including phenoxy) is 2. The molecule has 32 heavy (non-hydrogen) atoms. The Hall–Kier alpha value is -2.67. The lowest BCUT2D eigenvalue weighted by atomic mass is 10.1. The molecule has 0 aliphatic heterocycles. The lowest BCUT2D eigenvalue weighted by Crippen LogP contribution is -2.36. The number of aryl methyl sites for hydroxylation is 2. The summed E-state index contributed by atoms with van der Waals surface area (Å²) in [6.45, 7) is 6.19. The Morgan fingerprint density at radius 1 is 1.16 bits per heavy atom. The molecule has 1 atom stereocenters. The SMILES string of the molecule is CCOC[C@H](O)CN(Cc1c(-c2ccccc2)nn(C)c1Oc1cccc(C)c1)C1CC1. The van der Waals surface area contributed by atoms with Crippen LogP contribution in [-0.4, -0.2) is 51.7 Å². The molecule has 6 nitrogen and oxygen atoms in total. The fraction of sp³-hybridized carbons (Fsp3) is 0.423. The van der Waals surface area contributed by atoms with Crippen LogP contribution in [0.4, 0.5) is 0 Å². The Balaban J connectivity index is 1.67. The van der Waals surface area contributed by atoms with Crippen LogP contribution in [-0.2, 0) is 18.3 Å². The van der Waals surface area contributed by atoms with Gasteiger partial charge in [0.15, 0.2) is 0 Å². The van der Waals surface area contributed by atoms with Crippen LogP contribution in [0.25, 0.3) is 11.3 Å². The van der Waals surface area contributed by atoms with E-state index in [2.05, 4.69) is 30.0 Å². The van der Waals surface area contributed by atoms with E-state index in [4.69, 9.17) is 14.6 Å². The summed E-state index contributed by atoms with van der Waals surface area (Å²) in [7, 11) is 1.92. The van der Waals surface area contributed by atoms with Crippen molar-refractivity contribution >= 4 is 0 Å². The maximum absolute atomic E-state index is 10.5. The molecule has 0 spiro atoms. The molecule has 4 rings (SSSR count). The largest absolute Gasteiger partial charge is 0.439 e. The molecule has 1 saturated carbocycles. The molecule has 6 heteroatoms. The minimum Gasteiger partial charge on any atom is -0.439 e. The van der Waals surface area contributed by atoms with E-state index in [-0.39, 0.29) is 0 Å². The van der Waals surface area contributed by atoms with Crippen molar-refractivity contribution < 1.29 is 14.6 Å². The van der Waals surface area contributed by atoms with E-state index in [9.17, 15) is 5.11 Å². The Kier molecular flexibility index (Phi) is 7.25.